The van der Waals surface area contributed by atoms with Crippen LogP contribution in [0.2, 0.25) is 0 Å². The lowest BCUT2D eigenvalue weighted by atomic mass is 9.70. The Morgan fingerprint density at radius 1 is 0.269 bits per heavy atom. The van der Waals surface area contributed by atoms with Crippen molar-refractivity contribution < 1.29 is 36.7 Å². The number of esters is 1. The van der Waals surface area contributed by atoms with E-state index in [4.69, 9.17) is 31.9 Å². The number of carbonyl (C=O) groups excluding carboxylic acids is 1. The number of hydrogen-bond donors (Lipinski definition) is 0. The van der Waals surface area contributed by atoms with E-state index in [1.54, 1.807) is 0 Å². The van der Waals surface area contributed by atoms with Gasteiger partial charge in [0.1, 0.15) is 34.5 Å². The average Bonchev–Trinajstić information content (AvgIpc) is 0.755. The summed E-state index contributed by atoms with van der Waals surface area (Å²) in [4.78, 5) is 14.6. The SMILES string of the molecule is CCOC(=O)CC(C)(c1ccc(OP(Oc2c(-c3ccccc3)cccc2-c2ccccc2)Oc2c(-c3ccccc3)cccc2-c2ccccc2)c(C(C)(C)C)c1)c1ccc(OP(Oc2c(-c3ccccc3)cccc2-c2ccccc2)Oc2c(-c3ccccc3)cccc2-c2ccccc2)c(C(C)(C)C)c1. The fraction of sp³-hybridized carbons (Fsp3) is 0.133. The summed E-state index contributed by atoms with van der Waals surface area (Å²) >= 11 is 0. The van der Waals surface area contributed by atoms with Crippen LogP contribution in [0.3, 0.4) is 0 Å². The first kappa shape index (κ1) is 73.1. The third-order valence-corrected chi connectivity index (χ3v) is 21.4. The van der Waals surface area contributed by atoms with E-state index in [9.17, 15) is 4.79 Å². The van der Waals surface area contributed by atoms with Gasteiger partial charge in [-0.05, 0) is 85.5 Å². The molecule has 0 saturated carbocycles. The van der Waals surface area contributed by atoms with Crippen LogP contribution in [0.4, 0.5) is 0 Å². The van der Waals surface area contributed by atoms with E-state index in [0.29, 0.717) is 34.5 Å². The molecule has 14 aromatic rings. The molecule has 14 rings (SSSR count). The largest absolute Gasteiger partial charge is 0.530 e. The summed E-state index contributed by atoms with van der Waals surface area (Å²) in [5.41, 5.74) is 16.0. The van der Waals surface area contributed by atoms with Crippen molar-refractivity contribution in [2.75, 3.05) is 6.61 Å². The maximum atomic E-state index is 14.6. The van der Waals surface area contributed by atoms with Gasteiger partial charge in [-0.15, -0.1) is 0 Å². The molecule has 0 amide bonds. The molecule has 0 spiro atoms. The zero-order valence-corrected chi connectivity index (χ0v) is 63.8. The minimum atomic E-state index is -2.40. The molecular weight excluding hydrogens is 1370 g/mol. The van der Waals surface area contributed by atoms with Crippen LogP contribution in [0.1, 0.15) is 84.1 Å². The fourth-order valence-corrected chi connectivity index (χ4v) is 16.1. The molecule has 0 aliphatic carbocycles. The van der Waals surface area contributed by atoms with E-state index in [1.165, 1.54) is 0 Å². The van der Waals surface area contributed by atoms with E-state index in [1.807, 2.05) is 165 Å². The molecule has 8 nitrogen and oxygen atoms in total. The minimum Gasteiger partial charge on any atom is -0.466 e. The highest BCUT2D eigenvalue weighted by molar-refractivity contribution is 7.43. The molecule has 536 valence electrons. The first-order valence-corrected chi connectivity index (χ1v) is 38.9. The monoisotopic (exact) mass is 1450 g/mol. The number of benzene rings is 14. The molecule has 14 aromatic carbocycles. The quantitative estimate of drug-likeness (QED) is 0.0414. The second kappa shape index (κ2) is 32.9. The summed E-state index contributed by atoms with van der Waals surface area (Å²) < 4.78 is 51.4. The predicted molar refractivity (Wildman–Crippen MR) is 445 cm³/mol. The number of rotatable bonds is 25. The fourth-order valence-electron chi connectivity index (χ4n) is 13.8. The van der Waals surface area contributed by atoms with Gasteiger partial charge in [0.2, 0.25) is 0 Å². The number of para-hydroxylation sites is 4. The van der Waals surface area contributed by atoms with Crippen LogP contribution in [-0.4, -0.2) is 12.6 Å². The maximum Gasteiger partial charge on any atom is 0.530 e. The third kappa shape index (κ3) is 16.6. The second-order valence-electron chi connectivity index (χ2n) is 28.9. The summed E-state index contributed by atoms with van der Waals surface area (Å²) in [5, 5.41) is 0. The zero-order chi connectivity index (χ0) is 74.6. The highest BCUT2D eigenvalue weighted by Crippen LogP contribution is 2.57. The summed E-state index contributed by atoms with van der Waals surface area (Å²) in [5.74, 6) is 3.16. The van der Waals surface area contributed by atoms with E-state index < -0.39 is 33.4 Å². The van der Waals surface area contributed by atoms with Gasteiger partial charge in [0.05, 0.1) is 13.0 Å². The number of hydrogen-bond acceptors (Lipinski definition) is 8. The molecule has 0 aliphatic rings. The van der Waals surface area contributed by atoms with Crippen LogP contribution in [-0.2, 0) is 25.8 Å². The van der Waals surface area contributed by atoms with Crippen molar-refractivity contribution in [1.82, 2.24) is 0 Å². The van der Waals surface area contributed by atoms with Crippen molar-refractivity contribution in [3.63, 3.8) is 0 Å². The van der Waals surface area contributed by atoms with Crippen LogP contribution in [0.5, 0.6) is 34.5 Å². The minimum absolute atomic E-state index is 0.000403. The first-order chi connectivity index (χ1) is 52.6. The Morgan fingerprint density at radius 3 is 0.676 bits per heavy atom. The molecule has 0 heterocycles. The standard InChI is InChI=1S/C98H86O8P2/c1-9-100-91(99)68-98(8,77-62-64-89(87(66-77)96(2,3)4)101-107(103-92-79(69-38-18-10-19-39-69)54-34-55-80(92)70-40-20-11-21-41-70)104-93-81(71-42-22-12-23-43-71)56-35-57-82(93)72-44-24-13-25-45-72)78-63-65-90(88(67-78)97(5,6)7)102-108(105-94-83(73-46-26-14-27-47-73)58-36-59-84(94)74-48-28-15-29-49-74)106-95-85(75-50-30-16-31-51-75)60-37-61-86(95)76-52-32-17-33-53-76/h10-67H,9,68H2,1-8H3. The van der Waals surface area contributed by atoms with E-state index in [2.05, 4.69) is 243 Å². The highest BCUT2D eigenvalue weighted by Gasteiger charge is 2.39. The molecular formula is C98H86O8P2. The zero-order valence-electron chi connectivity index (χ0n) is 62.1. The van der Waals surface area contributed by atoms with Crippen LogP contribution < -0.4 is 27.1 Å². The smallest absolute Gasteiger partial charge is 0.466 e. The van der Waals surface area contributed by atoms with Crippen molar-refractivity contribution in [2.45, 2.75) is 78.1 Å². The van der Waals surface area contributed by atoms with E-state index >= 15 is 0 Å². The Labute approximate surface area is 638 Å². The lowest BCUT2D eigenvalue weighted by Crippen LogP contribution is -2.30. The van der Waals surface area contributed by atoms with Gasteiger partial charge < -0.3 is 31.9 Å². The number of ether oxygens (including phenoxy) is 1. The van der Waals surface area contributed by atoms with E-state index in [0.717, 1.165) is 111 Å². The van der Waals surface area contributed by atoms with Crippen LogP contribution in [0.25, 0.3) is 89.0 Å². The molecule has 0 bridgehead atoms. The van der Waals surface area contributed by atoms with Crippen molar-refractivity contribution in [3.8, 4) is 124 Å². The lowest BCUT2D eigenvalue weighted by Gasteiger charge is -2.34. The Balaban J connectivity index is 0.915. The maximum absolute atomic E-state index is 14.6. The lowest BCUT2D eigenvalue weighted by molar-refractivity contribution is -0.144. The van der Waals surface area contributed by atoms with E-state index in [-0.39, 0.29) is 19.0 Å². The molecule has 0 aromatic heterocycles. The summed E-state index contributed by atoms with van der Waals surface area (Å²) in [6.07, 6.45) is 0.000403. The number of carbonyl (C=O) groups is 1. The van der Waals surface area contributed by atoms with Gasteiger partial charge >= 0.3 is 23.2 Å². The van der Waals surface area contributed by atoms with Crippen LogP contribution in [0, 0.1) is 0 Å². The Morgan fingerprint density at radius 2 is 0.481 bits per heavy atom. The van der Waals surface area contributed by atoms with Crippen molar-refractivity contribution in [3.05, 3.63) is 374 Å². The molecule has 0 atom stereocenters. The Bertz CT molecular complexity index is 4550. The van der Waals surface area contributed by atoms with Crippen molar-refractivity contribution in [1.29, 1.82) is 0 Å². The molecule has 0 saturated heterocycles. The molecule has 0 N–H and O–H groups in total. The average molecular weight is 1450 g/mol. The van der Waals surface area contributed by atoms with Crippen molar-refractivity contribution in [2.24, 2.45) is 0 Å². The van der Waals surface area contributed by atoms with Gasteiger partial charge in [-0.25, -0.2) is 0 Å². The highest BCUT2D eigenvalue weighted by atomic mass is 31.2. The molecule has 0 aliphatic heterocycles. The van der Waals surface area contributed by atoms with Gasteiger partial charge in [0.25, 0.3) is 0 Å². The molecule has 0 fully saturated rings. The second-order valence-corrected chi connectivity index (χ2v) is 30.9. The molecule has 0 radical (unpaired) electrons. The molecule has 10 heteroatoms. The summed E-state index contributed by atoms with van der Waals surface area (Å²) in [6, 6.07) is 120. The van der Waals surface area contributed by atoms with Crippen molar-refractivity contribution >= 4 is 23.2 Å². The van der Waals surface area contributed by atoms with Gasteiger partial charge in [-0.2, -0.15) is 0 Å². The van der Waals surface area contributed by atoms with Crippen LogP contribution >= 0.6 is 17.2 Å². The molecule has 108 heavy (non-hydrogen) atoms. The summed E-state index contributed by atoms with van der Waals surface area (Å²) in [6.45, 7) is 17.2. The Hall–Kier alpha value is -11.8. The van der Waals surface area contributed by atoms with Gasteiger partial charge in [-0.1, -0.05) is 388 Å². The third-order valence-electron chi connectivity index (χ3n) is 19.4. The topological polar surface area (TPSA) is 81.7 Å². The summed E-state index contributed by atoms with van der Waals surface area (Å²) in [7, 11) is -4.81. The predicted octanol–water partition coefficient (Wildman–Crippen LogP) is 27.4. The normalized spacial score (nSPS) is 11.6. The van der Waals surface area contributed by atoms with Crippen LogP contribution in [0.15, 0.2) is 352 Å². The molecule has 0 unspecified atom stereocenters. The Kier molecular flexibility index (Phi) is 22.3. The first-order valence-electron chi connectivity index (χ1n) is 36.7. The van der Waals surface area contributed by atoms with Gasteiger partial charge in [0, 0.05) is 61.0 Å². The van der Waals surface area contributed by atoms with Gasteiger partial charge in [-0.3, -0.25) is 4.79 Å². The van der Waals surface area contributed by atoms with Gasteiger partial charge in [0.15, 0.2) is 0 Å².